The molecular weight excluding hydrogens is 448 g/mol. The Morgan fingerprint density at radius 1 is 1.09 bits per heavy atom. The number of hydrogen-bond donors (Lipinski definition) is 3. The third kappa shape index (κ3) is 4.87. The van der Waals surface area contributed by atoms with E-state index < -0.39 is 11.6 Å². The van der Waals surface area contributed by atoms with E-state index in [1.807, 2.05) is 43.3 Å². The van der Waals surface area contributed by atoms with Crippen molar-refractivity contribution in [1.82, 2.24) is 30.2 Å². The minimum Gasteiger partial charge on any atom is -0.477 e. The number of carboxylic acid groups (broad SMARTS) is 1. The number of nitrogens with zero attached hydrogens (tertiary/aromatic N) is 5. The fourth-order valence-corrected chi connectivity index (χ4v) is 4.01. The molecule has 2 aromatic carbocycles. The number of ketones is 1. The number of benzene rings is 2. The molecule has 180 valence electrons. The summed E-state index contributed by atoms with van der Waals surface area (Å²) in [5.41, 5.74) is 1.59. The van der Waals surface area contributed by atoms with Crippen molar-refractivity contribution in [3.05, 3.63) is 82.7 Å². The molecule has 0 unspecified atom stereocenters. The largest absolute Gasteiger partial charge is 0.477 e. The molecule has 3 N–H and O–H groups in total. The monoisotopic (exact) mass is 474 g/mol. The highest BCUT2D eigenvalue weighted by molar-refractivity contribution is 6.10. The van der Waals surface area contributed by atoms with Gasteiger partial charge in [-0.25, -0.2) is 9.78 Å². The van der Waals surface area contributed by atoms with Gasteiger partial charge in [0.1, 0.15) is 17.1 Å². The number of carbonyl (C=O) groups is 2. The van der Waals surface area contributed by atoms with Gasteiger partial charge >= 0.3 is 5.97 Å². The Hall–Kier alpha value is -4.18. The number of hydrogen-bond acceptors (Lipinski definition) is 7. The van der Waals surface area contributed by atoms with Crippen LogP contribution in [0.25, 0.3) is 11.1 Å². The number of aromatic carboxylic acids is 1. The lowest BCUT2D eigenvalue weighted by molar-refractivity contribution is 0.0602. The van der Waals surface area contributed by atoms with E-state index in [2.05, 4.69) is 25.6 Å². The summed E-state index contributed by atoms with van der Waals surface area (Å²) in [6.45, 7) is 5.34. The Morgan fingerprint density at radius 3 is 2.40 bits per heavy atom. The molecule has 0 amide bonds. The Bertz CT molecular complexity index is 1350. The van der Waals surface area contributed by atoms with Gasteiger partial charge in [0.05, 0.1) is 0 Å². The standard InChI is InChI=1S/C25H26N6O4/c1-4-7-19-26-22(25(2,3)35)20(24(33)34)31(19)14-15-10-12-16(13-11-15)17-8-5-6-9-18(17)21(32)23-27-29-30-28-23/h5-6,8-13,35H,4,7,14H2,1-3H3,(H,33,34)(H,27,28,29,30). The molecule has 0 aliphatic rings. The van der Waals surface area contributed by atoms with Crippen LogP contribution >= 0.6 is 0 Å². The van der Waals surface area contributed by atoms with E-state index in [1.54, 1.807) is 16.7 Å². The lowest BCUT2D eigenvalue weighted by atomic mass is 9.96. The molecule has 2 heterocycles. The first kappa shape index (κ1) is 24.0. The Labute approximate surface area is 201 Å². The molecule has 35 heavy (non-hydrogen) atoms. The maximum Gasteiger partial charge on any atom is 0.354 e. The van der Waals surface area contributed by atoms with Crippen LogP contribution < -0.4 is 0 Å². The lowest BCUT2D eigenvalue weighted by Crippen LogP contribution is -2.22. The molecule has 0 bridgehead atoms. The van der Waals surface area contributed by atoms with Crippen LogP contribution in [0.3, 0.4) is 0 Å². The molecule has 4 aromatic rings. The van der Waals surface area contributed by atoms with E-state index in [9.17, 15) is 19.8 Å². The van der Waals surface area contributed by atoms with Gasteiger partial charge in [-0.3, -0.25) is 4.79 Å². The number of imidazole rings is 1. The quantitative estimate of drug-likeness (QED) is 0.313. The van der Waals surface area contributed by atoms with Gasteiger partial charge in [-0.2, -0.15) is 5.21 Å². The van der Waals surface area contributed by atoms with E-state index >= 15 is 0 Å². The van der Waals surface area contributed by atoms with Crippen LogP contribution in [0.2, 0.25) is 0 Å². The van der Waals surface area contributed by atoms with Gasteiger partial charge in [-0.15, -0.1) is 10.2 Å². The molecule has 0 atom stereocenters. The molecule has 4 rings (SSSR count). The number of aryl methyl sites for hydroxylation is 1. The zero-order valence-corrected chi connectivity index (χ0v) is 19.7. The number of carboxylic acids is 1. The number of nitrogens with one attached hydrogen (secondary N) is 1. The van der Waals surface area contributed by atoms with Crippen molar-refractivity contribution in [3.8, 4) is 11.1 Å². The summed E-state index contributed by atoms with van der Waals surface area (Å²) in [5, 5.41) is 33.7. The fourth-order valence-electron chi connectivity index (χ4n) is 4.01. The van der Waals surface area contributed by atoms with Crippen molar-refractivity contribution >= 4 is 11.8 Å². The molecular formula is C25H26N6O4. The van der Waals surface area contributed by atoms with Gasteiger partial charge in [0.2, 0.25) is 11.6 Å². The van der Waals surface area contributed by atoms with Gasteiger partial charge in [-0.05, 0) is 42.2 Å². The maximum atomic E-state index is 12.8. The zero-order valence-electron chi connectivity index (χ0n) is 19.7. The van der Waals surface area contributed by atoms with E-state index in [4.69, 9.17) is 0 Å². The van der Waals surface area contributed by atoms with Crippen LogP contribution in [0.15, 0.2) is 48.5 Å². The number of aromatic amines is 1. The summed E-state index contributed by atoms with van der Waals surface area (Å²) in [6, 6.07) is 14.7. The summed E-state index contributed by atoms with van der Waals surface area (Å²) in [5.74, 6) is -0.877. The molecule has 0 spiro atoms. The van der Waals surface area contributed by atoms with Crippen LogP contribution in [0, 0.1) is 0 Å². The molecule has 10 nitrogen and oxygen atoms in total. The smallest absolute Gasteiger partial charge is 0.354 e. The van der Waals surface area contributed by atoms with Crippen molar-refractivity contribution in [3.63, 3.8) is 0 Å². The van der Waals surface area contributed by atoms with Crippen molar-refractivity contribution in [2.75, 3.05) is 0 Å². The van der Waals surface area contributed by atoms with E-state index in [-0.39, 0.29) is 29.5 Å². The number of aromatic nitrogens is 6. The van der Waals surface area contributed by atoms with Crippen molar-refractivity contribution in [1.29, 1.82) is 0 Å². The summed E-state index contributed by atoms with van der Waals surface area (Å²) < 4.78 is 1.65. The Balaban J connectivity index is 1.69. The van der Waals surface area contributed by atoms with Gasteiger partial charge < -0.3 is 14.8 Å². The van der Waals surface area contributed by atoms with E-state index in [0.29, 0.717) is 17.8 Å². The topological polar surface area (TPSA) is 147 Å². The summed E-state index contributed by atoms with van der Waals surface area (Å²) in [6.07, 6.45) is 1.37. The first-order chi connectivity index (χ1) is 16.7. The summed E-state index contributed by atoms with van der Waals surface area (Å²) in [4.78, 5) is 29.4. The third-order valence-corrected chi connectivity index (χ3v) is 5.63. The maximum absolute atomic E-state index is 12.8. The second-order valence-corrected chi connectivity index (χ2v) is 8.73. The molecule has 0 fully saturated rings. The average Bonchev–Trinajstić information content (AvgIpc) is 3.48. The van der Waals surface area contributed by atoms with Gasteiger partial charge in [0, 0.05) is 18.5 Å². The van der Waals surface area contributed by atoms with Crippen LogP contribution in [0.4, 0.5) is 0 Å². The summed E-state index contributed by atoms with van der Waals surface area (Å²) >= 11 is 0. The second-order valence-electron chi connectivity index (χ2n) is 8.73. The number of rotatable bonds is 9. The predicted molar refractivity (Wildman–Crippen MR) is 127 cm³/mol. The highest BCUT2D eigenvalue weighted by Gasteiger charge is 2.31. The van der Waals surface area contributed by atoms with Crippen molar-refractivity contribution < 1.29 is 19.8 Å². The number of H-pyrrole nitrogens is 1. The Kier molecular flexibility index (Phi) is 6.57. The number of carbonyl (C=O) groups excluding carboxylic acids is 1. The van der Waals surface area contributed by atoms with Crippen LogP contribution in [-0.2, 0) is 18.6 Å². The lowest BCUT2D eigenvalue weighted by Gasteiger charge is -2.16. The summed E-state index contributed by atoms with van der Waals surface area (Å²) in [7, 11) is 0. The fraction of sp³-hybridized carbons (Fsp3) is 0.280. The van der Waals surface area contributed by atoms with Gasteiger partial charge in [-0.1, -0.05) is 55.5 Å². The van der Waals surface area contributed by atoms with E-state index in [0.717, 1.165) is 23.1 Å². The molecule has 10 heteroatoms. The first-order valence-electron chi connectivity index (χ1n) is 11.2. The number of tetrazole rings is 1. The van der Waals surface area contributed by atoms with Gasteiger partial charge in [0.15, 0.2) is 5.69 Å². The zero-order chi connectivity index (χ0) is 25.2. The molecule has 0 radical (unpaired) electrons. The van der Waals surface area contributed by atoms with Crippen LogP contribution in [0.1, 0.15) is 70.9 Å². The van der Waals surface area contributed by atoms with Crippen molar-refractivity contribution in [2.24, 2.45) is 0 Å². The molecule has 2 aromatic heterocycles. The van der Waals surface area contributed by atoms with Crippen LogP contribution in [-0.4, -0.2) is 52.1 Å². The number of aliphatic hydroxyl groups is 1. The van der Waals surface area contributed by atoms with Crippen molar-refractivity contribution in [2.45, 2.75) is 45.8 Å². The first-order valence-corrected chi connectivity index (χ1v) is 11.2. The minimum atomic E-state index is -1.39. The average molecular weight is 475 g/mol. The predicted octanol–water partition coefficient (Wildman–Crippen LogP) is 3.22. The highest BCUT2D eigenvalue weighted by Crippen LogP contribution is 2.28. The van der Waals surface area contributed by atoms with Gasteiger partial charge in [0.25, 0.3) is 0 Å². The van der Waals surface area contributed by atoms with E-state index in [1.165, 1.54) is 13.8 Å². The normalized spacial score (nSPS) is 11.5. The van der Waals surface area contributed by atoms with Crippen LogP contribution in [0.5, 0.6) is 0 Å². The minimum absolute atomic E-state index is 0.0126. The second kappa shape index (κ2) is 9.59. The third-order valence-electron chi connectivity index (χ3n) is 5.63. The molecule has 0 aliphatic heterocycles. The molecule has 0 saturated heterocycles. The SMILES string of the molecule is CCCc1nc(C(C)(C)O)c(C(=O)O)n1Cc1ccc(-c2ccccc2C(=O)c2nn[nH]n2)cc1. The molecule has 0 saturated carbocycles. The Morgan fingerprint density at radius 2 is 1.80 bits per heavy atom. The molecule has 0 aliphatic carbocycles. The highest BCUT2D eigenvalue weighted by atomic mass is 16.4.